The molecule has 3 aliphatic rings. The summed E-state index contributed by atoms with van der Waals surface area (Å²) >= 11 is 0. The van der Waals surface area contributed by atoms with Crippen LogP contribution in [0.15, 0.2) is 54.6 Å². The first-order valence-electron chi connectivity index (χ1n) is 20.8. The van der Waals surface area contributed by atoms with E-state index >= 15 is 0 Å². The van der Waals surface area contributed by atoms with Gasteiger partial charge in [-0.2, -0.15) is 13.2 Å². The van der Waals surface area contributed by atoms with Gasteiger partial charge in [0.25, 0.3) is 0 Å². The van der Waals surface area contributed by atoms with Crippen LogP contribution in [-0.2, 0) is 11.0 Å². The van der Waals surface area contributed by atoms with E-state index in [4.69, 9.17) is 15.2 Å². The van der Waals surface area contributed by atoms with Gasteiger partial charge < -0.3 is 45.9 Å². The van der Waals surface area contributed by atoms with Gasteiger partial charge in [0.1, 0.15) is 24.1 Å². The van der Waals surface area contributed by atoms with Crippen LogP contribution in [0.4, 0.5) is 30.4 Å². The number of alkyl halides is 3. The second-order valence-corrected chi connectivity index (χ2v) is 16.9. The molecule has 3 fully saturated rings. The van der Waals surface area contributed by atoms with Crippen LogP contribution >= 0.6 is 0 Å². The van der Waals surface area contributed by atoms with Gasteiger partial charge in [-0.05, 0) is 119 Å². The summed E-state index contributed by atoms with van der Waals surface area (Å²) in [7, 11) is 3.41. The van der Waals surface area contributed by atoms with Gasteiger partial charge in [-0.25, -0.2) is 9.97 Å². The van der Waals surface area contributed by atoms with Crippen molar-refractivity contribution in [2.75, 3.05) is 63.3 Å². The van der Waals surface area contributed by atoms with Crippen LogP contribution in [0.1, 0.15) is 86.3 Å². The number of nitrogens with two attached hydrogens (primary N) is 1. The monoisotopic (exact) mass is 834 g/mol. The van der Waals surface area contributed by atoms with E-state index in [1.807, 2.05) is 11.9 Å². The number of anilines is 3. The van der Waals surface area contributed by atoms with Gasteiger partial charge in [0.05, 0.1) is 36.9 Å². The zero-order valence-electron chi connectivity index (χ0n) is 34.7. The van der Waals surface area contributed by atoms with Crippen LogP contribution in [0.25, 0.3) is 10.9 Å². The number of amides is 1. The molecule has 16 heteroatoms. The summed E-state index contributed by atoms with van der Waals surface area (Å²) in [6, 6.07) is 14.8. The van der Waals surface area contributed by atoms with Gasteiger partial charge in [-0.15, -0.1) is 0 Å². The van der Waals surface area contributed by atoms with Crippen LogP contribution in [0.3, 0.4) is 0 Å². The number of aliphatic hydroxyl groups is 2. The first-order chi connectivity index (χ1) is 28.6. The van der Waals surface area contributed by atoms with Crippen LogP contribution in [0.5, 0.6) is 11.5 Å². The number of hydrogen-bond acceptors (Lipinski definition) is 12. The van der Waals surface area contributed by atoms with E-state index in [2.05, 4.69) is 55.1 Å². The molecule has 2 aliphatic heterocycles. The van der Waals surface area contributed by atoms with Gasteiger partial charge in [-0.1, -0.05) is 12.1 Å². The molecule has 60 heavy (non-hydrogen) atoms. The molecule has 7 N–H and O–H groups in total. The Hall–Kier alpha value is -4.90. The molecule has 1 saturated carbocycles. The number of rotatable bonds is 15. The molecule has 324 valence electrons. The zero-order chi connectivity index (χ0) is 42.8. The van der Waals surface area contributed by atoms with Gasteiger partial charge in [0, 0.05) is 54.8 Å². The molecule has 13 nitrogen and oxygen atoms in total. The maximum Gasteiger partial charge on any atom is 0.416 e. The minimum Gasteiger partial charge on any atom is -0.493 e. The number of aryl methyl sites for hydroxylation is 1. The number of nitrogens with one attached hydrogen (secondary N) is 3. The number of aromatic nitrogens is 2. The van der Waals surface area contributed by atoms with Gasteiger partial charge >= 0.3 is 6.18 Å². The Labute approximate surface area is 348 Å². The fourth-order valence-corrected chi connectivity index (χ4v) is 8.40. The number of carbonyl (C=O) groups is 1. The third-order valence-electron chi connectivity index (χ3n) is 12.2. The van der Waals surface area contributed by atoms with Gasteiger partial charge in [0.2, 0.25) is 5.91 Å². The van der Waals surface area contributed by atoms with E-state index in [1.54, 1.807) is 33.1 Å². The molecule has 7 rings (SSSR count). The highest BCUT2D eigenvalue weighted by Gasteiger charge is 2.45. The van der Waals surface area contributed by atoms with E-state index in [1.165, 1.54) is 11.6 Å². The predicted molar refractivity (Wildman–Crippen MR) is 225 cm³/mol. The Morgan fingerprint density at radius 3 is 2.45 bits per heavy atom. The first kappa shape index (κ1) is 43.2. The summed E-state index contributed by atoms with van der Waals surface area (Å²) < 4.78 is 52.8. The van der Waals surface area contributed by atoms with Gasteiger partial charge in [0.15, 0.2) is 11.5 Å². The number of fused-ring (bicyclic) bond motifs is 1. The number of aliphatic hydroxyl groups excluding tert-OH is 2. The lowest BCUT2D eigenvalue weighted by atomic mass is 9.89. The van der Waals surface area contributed by atoms with Crippen molar-refractivity contribution >= 4 is 34.0 Å². The number of nitrogens with zero attached hydrogens (tertiary/aromatic N) is 4. The van der Waals surface area contributed by atoms with Crippen molar-refractivity contribution in [1.29, 1.82) is 0 Å². The van der Waals surface area contributed by atoms with E-state index < -0.39 is 30.2 Å². The maximum absolute atomic E-state index is 13.6. The Kier molecular flexibility index (Phi) is 12.9. The molecular formula is C44H57F3N8O5. The molecule has 3 unspecified atom stereocenters. The Morgan fingerprint density at radius 2 is 1.78 bits per heavy atom. The number of likely N-dealkylation sites (tertiary alicyclic amines) is 1. The van der Waals surface area contributed by atoms with Crippen molar-refractivity contribution in [3.8, 4) is 11.5 Å². The third kappa shape index (κ3) is 10.5. The van der Waals surface area contributed by atoms with Crippen molar-refractivity contribution in [1.82, 2.24) is 25.1 Å². The minimum atomic E-state index is -4.53. The predicted octanol–water partition coefficient (Wildman–Crippen LogP) is 6.41. The quantitative estimate of drug-likeness (QED) is 0.0730. The lowest BCUT2D eigenvalue weighted by molar-refractivity contribution is -0.137. The molecule has 4 atom stereocenters. The number of hydrogen-bond donors (Lipinski definition) is 6. The summed E-state index contributed by atoms with van der Waals surface area (Å²) in [6.07, 6.45) is -0.422. The summed E-state index contributed by atoms with van der Waals surface area (Å²) in [5, 5.41) is 30.0. The second-order valence-electron chi connectivity index (χ2n) is 16.9. The normalized spacial score (nSPS) is 21.3. The SMILES string of the molecule is COc1cc2nc(C)nc(N[C@H](C)c3cc(N)cc(C(F)(F)F)c3)c2cc1OCC1(CN(C)C(=O)CCN2CCC(c3ccc(NC4CCC(O)NC4O)cc3)CC2)CC1. The summed E-state index contributed by atoms with van der Waals surface area (Å²) in [5.41, 5.74) is 8.04. The topological polar surface area (TPSA) is 170 Å². The number of ether oxygens (including phenoxy) is 2. The summed E-state index contributed by atoms with van der Waals surface area (Å²) in [4.78, 5) is 26.7. The van der Waals surface area contributed by atoms with Crippen LogP contribution in [-0.4, -0.2) is 101 Å². The third-order valence-corrected chi connectivity index (χ3v) is 12.2. The summed E-state index contributed by atoms with van der Waals surface area (Å²) in [6.45, 7) is 6.99. The standard InChI is InChI=1S/C44H57F3N8O5/c1-26(30-19-31(44(45,46)47)21-32(48)20-30)49-41-34-22-38(37(59-4)23-36(34)50-27(2)51-41)60-25-43(14-15-43)24-54(3)40(57)13-18-55-16-11-29(12-17-55)28-5-7-33(8-6-28)52-35-9-10-39(56)53-42(35)58/h5-8,19-23,26,29,35,39,42,52-53,56,58H,9-18,24-25,48H2,1-4H3,(H,49,50,51)/t26-,35?,39?,42?/m1/s1. The molecule has 4 aromatic rings. The highest BCUT2D eigenvalue weighted by atomic mass is 19.4. The highest BCUT2D eigenvalue weighted by Crippen LogP contribution is 2.47. The number of benzene rings is 3. The second kappa shape index (κ2) is 18.0. The van der Waals surface area contributed by atoms with E-state index in [-0.39, 0.29) is 23.1 Å². The first-order valence-corrected chi connectivity index (χ1v) is 20.8. The molecule has 0 bridgehead atoms. The van der Waals surface area contributed by atoms with E-state index in [9.17, 15) is 28.2 Å². The number of nitrogen functional groups attached to an aromatic ring is 1. The van der Waals surface area contributed by atoms with Crippen LogP contribution in [0.2, 0.25) is 0 Å². The Balaban J connectivity index is 0.903. The average Bonchev–Trinajstić information content (AvgIpc) is 3.98. The summed E-state index contributed by atoms with van der Waals surface area (Å²) in [5.74, 6) is 2.42. The van der Waals surface area contributed by atoms with E-state index in [0.717, 1.165) is 56.6 Å². The molecule has 3 heterocycles. The fraction of sp³-hybridized carbons (Fsp3) is 0.523. The lowest BCUT2D eigenvalue weighted by Gasteiger charge is -2.34. The Morgan fingerprint density at radius 1 is 1.05 bits per heavy atom. The lowest BCUT2D eigenvalue weighted by Crippen LogP contribution is -2.53. The van der Waals surface area contributed by atoms with Gasteiger partial charge in [-0.3, -0.25) is 10.1 Å². The zero-order valence-corrected chi connectivity index (χ0v) is 34.7. The number of methoxy groups -OCH3 is 1. The molecule has 2 saturated heterocycles. The minimum absolute atomic E-state index is 0.0164. The molecule has 0 radical (unpaired) electrons. The molecule has 0 spiro atoms. The largest absolute Gasteiger partial charge is 0.493 e. The van der Waals surface area contributed by atoms with Crippen molar-refractivity contribution in [3.05, 3.63) is 77.1 Å². The molecule has 1 amide bonds. The number of carbonyl (C=O) groups excluding carboxylic acids is 1. The number of halogens is 3. The van der Waals surface area contributed by atoms with Crippen molar-refractivity contribution in [2.24, 2.45) is 5.41 Å². The molecule has 1 aliphatic carbocycles. The van der Waals surface area contributed by atoms with Crippen molar-refractivity contribution in [2.45, 2.75) is 95.4 Å². The molecular weight excluding hydrogens is 778 g/mol. The van der Waals surface area contributed by atoms with Crippen LogP contribution in [0, 0.1) is 12.3 Å². The molecule has 3 aromatic carbocycles. The fourth-order valence-electron chi connectivity index (χ4n) is 8.40. The van der Waals surface area contributed by atoms with Crippen LogP contribution < -0.4 is 31.2 Å². The number of piperidine rings is 2. The average molecular weight is 835 g/mol. The van der Waals surface area contributed by atoms with E-state index in [0.29, 0.717) is 84.5 Å². The smallest absolute Gasteiger partial charge is 0.416 e. The highest BCUT2D eigenvalue weighted by molar-refractivity contribution is 5.92. The van der Waals surface area contributed by atoms with Crippen molar-refractivity contribution in [3.63, 3.8) is 0 Å². The Bertz CT molecular complexity index is 2130. The maximum atomic E-state index is 13.6. The van der Waals surface area contributed by atoms with Crippen molar-refractivity contribution < 1.29 is 37.7 Å². The molecule has 1 aromatic heterocycles.